The Morgan fingerprint density at radius 2 is 1.86 bits per heavy atom. The molecule has 1 heterocycles. The number of anilines is 3. The minimum absolute atomic E-state index is 0.166. The van der Waals surface area contributed by atoms with Crippen LogP contribution < -0.4 is 20.7 Å². The first-order chi connectivity index (χ1) is 18.0. The SMILES string of the molecule is CCOC(=O)c1c(NC(=O)CSc2cccc(NC(=S)Nc3ccccc3OC)c2)sc2c1CCCC2. The Kier molecular flexibility index (Phi) is 9.43. The standard InChI is InChI=1S/C27H29N3O4S3/c1-3-34-26(32)24-19-11-4-7-14-22(19)37-25(24)30-23(31)16-36-18-10-8-9-17(15-18)28-27(35)29-20-12-5-6-13-21(20)33-2/h5-6,8-10,12-13,15H,3-4,7,11,14,16H2,1-2H3,(H,30,31)(H2,28,29,35). The van der Waals surface area contributed by atoms with Gasteiger partial charge in [0, 0.05) is 15.5 Å². The summed E-state index contributed by atoms with van der Waals surface area (Å²) >= 11 is 8.36. The summed E-state index contributed by atoms with van der Waals surface area (Å²) in [5, 5.41) is 10.3. The fourth-order valence-electron chi connectivity index (χ4n) is 4.08. The molecule has 0 aliphatic heterocycles. The number of hydrogen-bond acceptors (Lipinski definition) is 7. The number of benzene rings is 2. The van der Waals surface area contributed by atoms with Gasteiger partial charge in [-0.2, -0.15) is 0 Å². The normalized spacial score (nSPS) is 12.3. The third kappa shape index (κ3) is 7.03. The lowest BCUT2D eigenvalue weighted by Gasteiger charge is -2.14. The lowest BCUT2D eigenvalue weighted by Crippen LogP contribution is -2.19. The van der Waals surface area contributed by atoms with Gasteiger partial charge in [-0.25, -0.2) is 4.79 Å². The summed E-state index contributed by atoms with van der Waals surface area (Å²) in [7, 11) is 1.61. The molecule has 0 fully saturated rings. The molecule has 1 aromatic heterocycles. The zero-order valence-corrected chi connectivity index (χ0v) is 23.2. The number of thiocarbonyl (C=S) groups is 1. The maximum atomic E-state index is 12.8. The second-order valence-corrected chi connectivity index (χ2v) is 10.8. The average molecular weight is 556 g/mol. The highest BCUT2D eigenvalue weighted by Gasteiger charge is 2.27. The van der Waals surface area contributed by atoms with Gasteiger partial charge >= 0.3 is 5.97 Å². The quantitative estimate of drug-likeness (QED) is 0.160. The van der Waals surface area contributed by atoms with Gasteiger partial charge in [0.1, 0.15) is 10.8 Å². The molecular weight excluding hydrogens is 527 g/mol. The molecule has 0 unspecified atom stereocenters. The summed E-state index contributed by atoms with van der Waals surface area (Å²) in [6, 6.07) is 15.2. The van der Waals surface area contributed by atoms with E-state index in [0.29, 0.717) is 28.0 Å². The Bertz CT molecular complexity index is 1290. The van der Waals surface area contributed by atoms with Crippen molar-refractivity contribution >= 4 is 68.7 Å². The Hall–Kier alpha value is -3.08. The highest BCUT2D eigenvalue weighted by molar-refractivity contribution is 8.00. The van der Waals surface area contributed by atoms with Crippen LogP contribution in [0.1, 0.15) is 40.6 Å². The van der Waals surface area contributed by atoms with Crippen LogP contribution >= 0.6 is 35.3 Å². The smallest absolute Gasteiger partial charge is 0.341 e. The van der Waals surface area contributed by atoms with E-state index in [0.717, 1.165) is 47.5 Å². The maximum Gasteiger partial charge on any atom is 0.341 e. The summed E-state index contributed by atoms with van der Waals surface area (Å²) in [5.74, 6) is 0.375. The second kappa shape index (κ2) is 12.9. The van der Waals surface area contributed by atoms with Gasteiger partial charge in [-0.3, -0.25) is 4.79 Å². The summed E-state index contributed by atoms with van der Waals surface area (Å²) in [6.07, 6.45) is 3.92. The third-order valence-corrected chi connectivity index (χ3v) is 8.13. The molecule has 7 nitrogen and oxygen atoms in total. The van der Waals surface area contributed by atoms with E-state index in [1.165, 1.54) is 28.0 Å². The molecule has 10 heteroatoms. The first kappa shape index (κ1) is 27.0. The number of para-hydroxylation sites is 2. The molecule has 0 bridgehead atoms. The molecule has 0 spiro atoms. The number of esters is 1. The van der Waals surface area contributed by atoms with Crippen molar-refractivity contribution in [1.82, 2.24) is 0 Å². The van der Waals surface area contributed by atoms with E-state index in [1.807, 2.05) is 48.5 Å². The van der Waals surface area contributed by atoms with Crippen molar-refractivity contribution in [2.45, 2.75) is 37.5 Å². The Balaban J connectivity index is 1.36. The predicted octanol–water partition coefficient (Wildman–Crippen LogP) is 6.35. The van der Waals surface area contributed by atoms with Crippen molar-refractivity contribution in [3.8, 4) is 5.75 Å². The van der Waals surface area contributed by atoms with Gasteiger partial charge in [-0.1, -0.05) is 18.2 Å². The number of thioether (sulfide) groups is 1. The molecule has 1 aliphatic carbocycles. The van der Waals surface area contributed by atoms with Crippen LogP contribution in [0.15, 0.2) is 53.4 Å². The Morgan fingerprint density at radius 1 is 1.05 bits per heavy atom. The molecule has 0 radical (unpaired) electrons. The van der Waals surface area contributed by atoms with Crippen LogP contribution in [-0.4, -0.2) is 36.5 Å². The molecule has 0 saturated carbocycles. The number of amides is 1. The lowest BCUT2D eigenvalue weighted by atomic mass is 9.95. The van der Waals surface area contributed by atoms with Gasteiger partial charge < -0.3 is 25.4 Å². The van der Waals surface area contributed by atoms with Crippen LogP contribution in [0.25, 0.3) is 0 Å². The number of methoxy groups -OCH3 is 1. The van der Waals surface area contributed by atoms with Crippen LogP contribution in [0.2, 0.25) is 0 Å². The van der Waals surface area contributed by atoms with Crippen LogP contribution in [0.3, 0.4) is 0 Å². The minimum Gasteiger partial charge on any atom is -0.495 e. The van der Waals surface area contributed by atoms with Crippen molar-refractivity contribution in [2.24, 2.45) is 0 Å². The lowest BCUT2D eigenvalue weighted by molar-refractivity contribution is -0.113. The molecule has 1 aliphatic rings. The molecule has 0 saturated heterocycles. The highest BCUT2D eigenvalue weighted by atomic mass is 32.2. The summed E-state index contributed by atoms with van der Waals surface area (Å²) in [5.41, 5.74) is 3.13. The van der Waals surface area contributed by atoms with Gasteiger partial charge in [0.15, 0.2) is 5.11 Å². The fraction of sp³-hybridized carbons (Fsp3) is 0.296. The number of carbonyl (C=O) groups is 2. The van der Waals surface area contributed by atoms with Crippen molar-refractivity contribution in [3.63, 3.8) is 0 Å². The fourth-order valence-corrected chi connectivity index (χ4v) is 6.36. The van der Waals surface area contributed by atoms with E-state index in [1.54, 1.807) is 14.0 Å². The van der Waals surface area contributed by atoms with E-state index in [4.69, 9.17) is 21.7 Å². The topological polar surface area (TPSA) is 88.7 Å². The summed E-state index contributed by atoms with van der Waals surface area (Å²) in [4.78, 5) is 27.5. The van der Waals surface area contributed by atoms with Crippen molar-refractivity contribution in [2.75, 3.05) is 35.4 Å². The molecule has 1 amide bonds. The third-order valence-electron chi connectivity index (χ3n) is 5.72. The molecule has 0 atom stereocenters. The molecule has 3 aromatic rings. The van der Waals surface area contributed by atoms with Crippen molar-refractivity contribution in [1.29, 1.82) is 0 Å². The Morgan fingerprint density at radius 3 is 2.68 bits per heavy atom. The van der Waals surface area contributed by atoms with Gasteiger partial charge in [0.25, 0.3) is 0 Å². The summed E-state index contributed by atoms with van der Waals surface area (Å²) < 4.78 is 10.6. The zero-order chi connectivity index (χ0) is 26.2. The van der Waals surface area contributed by atoms with E-state index >= 15 is 0 Å². The second-order valence-electron chi connectivity index (χ2n) is 8.28. The highest BCUT2D eigenvalue weighted by Crippen LogP contribution is 2.38. The minimum atomic E-state index is -0.360. The zero-order valence-electron chi connectivity index (χ0n) is 20.7. The number of nitrogens with one attached hydrogen (secondary N) is 3. The monoisotopic (exact) mass is 555 g/mol. The van der Waals surface area contributed by atoms with Crippen LogP contribution in [0, 0.1) is 0 Å². The maximum absolute atomic E-state index is 12.8. The Labute approximate surface area is 230 Å². The number of carbonyl (C=O) groups excluding carboxylic acids is 2. The van der Waals surface area contributed by atoms with Gasteiger partial charge in [-0.05, 0) is 80.7 Å². The number of thiophene rings is 1. The molecule has 37 heavy (non-hydrogen) atoms. The first-order valence-corrected chi connectivity index (χ1v) is 14.2. The predicted molar refractivity (Wildman–Crippen MR) is 156 cm³/mol. The van der Waals surface area contributed by atoms with Crippen molar-refractivity contribution < 1.29 is 19.1 Å². The van der Waals surface area contributed by atoms with E-state index in [9.17, 15) is 9.59 Å². The number of aryl methyl sites for hydroxylation is 1. The number of rotatable bonds is 9. The van der Waals surface area contributed by atoms with E-state index in [2.05, 4.69) is 16.0 Å². The van der Waals surface area contributed by atoms with Gasteiger partial charge in [0.05, 0.1) is 30.7 Å². The van der Waals surface area contributed by atoms with Crippen LogP contribution in [0.4, 0.5) is 16.4 Å². The molecule has 2 aromatic carbocycles. The van der Waals surface area contributed by atoms with Gasteiger partial charge in [0.2, 0.25) is 5.91 Å². The van der Waals surface area contributed by atoms with Gasteiger partial charge in [-0.15, -0.1) is 23.1 Å². The molecular formula is C27H29N3O4S3. The number of hydrogen-bond donors (Lipinski definition) is 3. The van der Waals surface area contributed by atoms with Crippen LogP contribution in [-0.2, 0) is 22.4 Å². The first-order valence-electron chi connectivity index (χ1n) is 12.0. The number of fused-ring (bicyclic) bond motifs is 1. The van der Waals surface area contributed by atoms with E-state index < -0.39 is 0 Å². The average Bonchev–Trinajstić information content (AvgIpc) is 3.26. The molecule has 3 N–H and O–H groups in total. The van der Waals surface area contributed by atoms with Crippen LogP contribution in [0.5, 0.6) is 5.75 Å². The van der Waals surface area contributed by atoms with E-state index in [-0.39, 0.29) is 17.6 Å². The largest absolute Gasteiger partial charge is 0.495 e. The summed E-state index contributed by atoms with van der Waals surface area (Å²) in [6.45, 7) is 2.09. The van der Waals surface area contributed by atoms with Crippen molar-refractivity contribution in [3.05, 3.63) is 64.5 Å². The molecule has 194 valence electrons. The molecule has 4 rings (SSSR count). The number of ether oxygens (including phenoxy) is 2.